The van der Waals surface area contributed by atoms with Crippen molar-refractivity contribution in [3.63, 3.8) is 0 Å². The van der Waals surface area contributed by atoms with Crippen LogP contribution in [0.1, 0.15) is 20.3 Å². The van der Waals surface area contributed by atoms with Crippen LogP contribution in [0.4, 0.5) is 17.1 Å². The van der Waals surface area contributed by atoms with Gasteiger partial charge in [-0.2, -0.15) is 0 Å². The first kappa shape index (κ1) is 15.4. The third-order valence-corrected chi connectivity index (χ3v) is 3.29. The molecule has 0 fully saturated rings. The first-order valence-electron chi connectivity index (χ1n) is 7.55. The fourth-order valence-electron chi connectivity index (χ4n) is 2.30. The summed E-state index contributed by atoms with van der Waals surface area (Å²) in [6.07, 6.45) is 1.04. The molecule has 0 amide bonds. The Balaban J connectivity index is 1.84. The second kappa shape index (κ2) is 7.70. The van der Waals surface area contributed by atoms with Crippen LogP contribution in [0.15, 0.2) is 54.6 Å². The molecule has 0 heterocycles. The second-order valence-corrected chi connectivity index (χ2v) is 5.84. The van der Waals surface area contributed by atoms with Crippen molar-refractivity contribution < 1.29 is 0 Å². The first-order valence-corrected chi connectivity index (χ1v) is 7.55. The zero-order valence-corrected chi connectivity index (χ0v) is 12.8. The summed E-state index contributed by atoms with van der Waals surface area (Å²) in [4.78, 5) is 0. The highest BCUT2D eigenvalue weighted by Crippen LogP contribution is 2.18. The molecular formula is C18H25N3. The predicted octanol–water partition coefficient (Wildman–Crippen LogP) is 4.22. The lowest BCUT2D eigenvalue weighted by Gasteiger charge is -2.16. The van der Waals surface area contributed by atoms with Gasteiger partial charge < -0.3 is 16.4 Å². The lowest BCUT2D eigenvalue weighted by molar-refractivity contribution is 0.508. The molecule has 0 saturated carbocycles. The summed E-state index contributed by atoms with van der Waals surface area (Å²) in [7, 11) is 0. The van der Waals surface area contributed by atoms with Crippen molar-refractivity contribution in [2.45, 2.75) is 26.3 Å². The number of rotatable bonds is 7. The average molecular weight is 283 g/mol. The summed E-state index contributed by atoms with van der Waals surface area (Å²) in [5, 5.41) is 6.76. The van der Waals surface area contributed by atoms with Crippen LogP contribution in [0, 0.1) is 5.92 Å². The Morgan fingerprint density at radius 2 is 1.43 bits per heavy atom. The molecule has 2 rings (SSSR count). The van der Waals surface area contributed by atoms with E-state index in [1.165, 1.54) is 0 Å². The van der Waals surface area contributed by atoms with Crippen molar-refractivity contribution in [2.24, 2.45) is 11.7 Å². The number of anilines is 3. The van der Waals surface area contributed by atoms with Gasteiger partial charge >= 0.3 is 0 Å². The Kier molecular flexibility index (Phi) is 5.64. The molecule has 0 spiro atoms. The quantitative estimate of drug-likeness (QED) is 0.713. The van der Waals surface area contributed by atoms with Crippen LogP contribution in [0.3, 0.4) is 0 Å². The molecule has 3 nitrogen and oxygen atoms in total. The van der Waals surface area contributed by atoms with Gasteiger partial charge in [0.2, 0.25) is 0 Å². The minimum atomic E-state index is 0.201. The molecule has 3 heteroatoms. The molecule has 0 bridgehead atoms. The van der Waals surface area contributed by atoms with Gasteiger partial charge in [0.05, 0.1) is 0 Å². The standard InChI is InChI=1S/C18H25N3/c1-14(2)12-15(19)13-20-16-8-10-18(11-9-16)21-17-6-4-3-5-7-17/h3-11,14-15,20-21H,12-13,19H2,1-2H3. The average Bonchev–Trinajstić information content (AvgIpc) is 2.47. The molecule has 2 aromatic carbocycles. The molecule has 2 aromatic rings. The summed E-state index contributed by atoms with van der Waals surface area (Å²) in [6, 6.07) is 18.7. The summed E-state index contributed by atoms with van der Waals surface area (Å²) in [5.74, 6) is 0.638. The predicted molar refractivity (Wildman–Crippen MR) is 92.1 cm³/mol. The molecule has 4 N–H and O–H groups in total. The van der Waals surface area contributed by atoms with E-state index in [1.54, 1.807) is 0 Å². The van der Waals surface area contributed by atoms with Crippen molar-refractivity contribution in [1.29, 1.82) is 0 Å². The van der Waals surface area contributed by atoms with E-state index in [0.29, 0.717) is 5.92 Å². The van der Waals surface area contributed by atoms with E-state index in [2.05, 4.69) is 60.9 Å². The second-order valence-electron chi connectivity index (χ2n) is 5.84. The molecule has 0 radical (unpaired) electrons. The van der Waals surface area contributed by atoms with Gasteiger partial charge in [-0.25, -0.2) is 0 Å². The van der Waals surface area contributed by atoms with E-state index < -0.39 is 0 Å². The molecule has 0 aliphatic carbocycles. The molecular weight excluding hydrogens is 258 g/mol. The van der Waals surface area contributed by atoms with E-state index in [1.807, 2.05) is 18.2 Å². The highest BCUT2D eigenvalue weighted by Gasteiger charge is 2.05. The van der Waals surface area contributed by atoms with Gasteiger partial charge in [-0.3, -0.25) is 0 Å². The third kappa shape index (κ3) is 5.48. The van der Waals surface area contributed by atoms with Crippen molar-refractivity contribution in [1.82, 2.24) is 0 Å². The van der Waals surface area contributed by atoms with Crippen molar-refractivity contribution >= 4 is 17.1 Å². The van der Waals surface area contributed by atoms with E-state index in [-0.39, 0.29) is 6.04 Å². The third-order valence-electron chi connectivity index (χ3n) is 3.29. The smallest absolute Gasteiger partial charge is 0.0385 e. The fourth-order valence-corrected chi connectivity index (χ4v) is 2.30. The molecule has 21 heavy (non-hydrogen) atoms. The van der Waals surface area contributed by atoms with Crippen LogP contribution in [-0.2, 0) is 0 Å². The zero-order valence-electron chi connectivity index (χ0n) is 12.8. The molecule has 1 unspecified atom stereocenters. The summed E-state index contributed by atoms with van der Waals surface area (Å²) in [5.41, 5.74) is 9.36. The number of hydrogen-bond donors (Lipinski definition) is 3. The Labute approximate surface area is 127 Å². The highest BCUT2D eigenvalue weighted by molar-refractivity contribution is 5.62. The Bertz CT molecular complexity index is 520. The largest absolute Gasteiger partial charge is 0.383 e. The molecule has 1 atom stereocenters. The maximum absolute atomic E-state index is 6.08. The normalized spacial score (nSPS) is 12.2. The van der Waals surface area contributed by atoms with E-state index in [9.17, 15) is 0 Å². The van der Waals surface area contributed by atoms with Crippen LogP contribution < -0.4 is 16.4 Å². The van der Waals surface area contributed by atoms with E-state index >= 15 is 0 Å². The van der Waals surface area contributed by atoms with Crippen molar-refractivity contribution in [3.8, 4) is 0 Å². The molecule has 0 aliphatic heterocycles. The van der Waals surface area contributed by atoms with Gasteiger partial charge in [0, 0.05) is 29.6 Å². The minimum Gasteiger partial charge on any atom is -0.383 e. The molecule has 112 valence electrons. The minimum absolute atomic E-state index is 0.201. The van der Waals surface area contributed by atoms with Crippen LogP contribution in [0.5, 0.6) is 0 Å². The topological polar surface area (TPSA) is 50.1 Å². The summed E-state index contributed by atoms with van der Waals surface area (Å²) < 4.78 is 0. The molecule has 0 saturated heterocycles. The van der Waals surface area contributed by atoms with Crippen LogP contribution in [-0.4, -0.2) is 12.6 Å². The lowest BCUT2D eigenvalue weighted by Crippen LogP contribution is -2.30. The lowest BCUT2D eigenvalue weighted by atomic mass is 10.0. The maximum Gasteiger partial charge on any atom is 0.0385 e. The Morgan fingerprint density at radius 1 is 0.857 bits per heavy atom. The highest BCUT2D eigenvalue weighted by atomic mass is 14.9. The Morgan fingerprint density at radius 3 is 2.05 bits per heavy atom. The number of para-hydroxylation sites is 1. The van der Waals surface area contributed by atoms with E-state index in [4.69, 9.17) is 5.73 Å². The summed E-state index contributed by atoms with van der Waals surface area (Å²) >= 11 is 0. The van der Waals surface area contributed by atoms with Crippen LogP contribution in [0.2, 0.25) is 0 Å². The van der Waals surface area contributed by atoms with Gasteiger partial charge in [-0.1, -0.05) is 32.0 Å². The fraction of sp³-hybridized carbons (Fsp3) is 0.333. The van der Waals surface area contributed by atoms with Gasteiger partial charge in [-0.05, 0) is 48.7 Å². The first-order chi connectivity index (χ1) is 10.1. The number of nitrogens with two attached hydrogens (primary N) is 1. The Hall–Kier alpha value is -2.00. The maximum atomic E-state index is 6.08. The van der Waals surface area contributed by atoms with Gasteiger partial charge in [0.15, 0.2) is 0 Å². The number of hydrogen-bond acceptors (Lipinski definition) is 3. The number of benzene rings is 2. The molecule has 0 aliphatic rings. The number of nitrogens with one attached hydrogen (secondary N) is 2. The van der Waals surface area contributed by atoms with Crippen molar-refractivity contribution in [2.75, 3.05) is 17.2 Å². The molecule has 0 aromatic heterocycles. The summed E-state index contributed by atoms with van der Waals surface area (Å²) in [6.45, 7) is 5.21. The van der Waals surface area contributed by atoms with Crippen LogP contribution >= 0.6 is 0 Å². The monoisotopic (exact) mass is 283 g/mol. The van der Waals surface area contributed by atoms with Crippen molar-refractivity contribution in [3.05, 3.63) is 54.6 Å². The van der Waals surface area contributed by atoms with Gasteiger partial charge in [-0.15, -0.1) is 0 Å². The van der Waals surface area contributed by atoms with E-state index in [0.717, 1.165) is 30.0 Å². The SMILES string of the molecule is CC(C)CC(N)CNc1ccc(Nc2ccccc2)cc1. The van der Waals surface area contributed by atoms with Gasteiger partial charge in [0.1, 0.15) is 0 Å². The zero-order chi connectivity index (χ0) is 15.1. The van der Waals surface area contributed by atoms with Gasteiger partial charge in [0.25, 0.3) is 0 Å². The van der Waals surface area contributed by atoms with Crippen LogP contribution in [0.25, 0.3) is 0 Å².